The molecular weight excluding hydrogens is 255 g/mol. The Labute approximate surface area is 84.4 Å². The van der Waals surface area contributed by atoms with Crippen LogP contribution in [-0.4, -0.2) is 23.9 Å². The summed E-state index contributed by atoms with van der Waals surface area (Å²) in [5, 5.41) is 0. The minimum absolute atomic E-state index is 0.696. The van der Waals surface area contributed by atoms with Crippen molar-refractivity contribution in [2.75, 3.05) is 0 Å². The van der Waals surface area contributed by atoms with Crippen LogP contribution in [0.25, 0.3) is 0 Å². The van der Waals surface area contributed by atoms with Gasteiger partial charge in [0.2, 0.25) is 0 Å². The normalized spacial score (nSPS) is 15.4. The van der Waals surface area contributed by atoms with E-state index in [1.807, 2.05) is 0 Å². The maximum atomic E-state index is 12.4. The minimum atomic E-state index is -6.57. The lowest BCUT2D eigenvalue weighted by molar-refractivity contribution is -0.362. The molecule has 0 radical (unpaired) electrons. The Morgan fingerprint density at radius 3 is 1.38 bits per heavy atom. The third kappa shape index (κ3) is 2.94. The van der Waals surface area contributed by atoms with Crippen molar-refractivity contribution < 1.29 is 39.5 Å². The van der Waals surface area contributed by atoms with Gasteiger partial charge < -0.3 is 0 Å². The van der Waals surface area contributed by atoms with E-state index < -0.39 is 36.8 Å². The van der Waals surface area contributed by atoms with Crippen LogP contribution in [0.1, 0.15) is 19.8 Å². The summed E-state index contributed by atoms with van der Waals surface area (Å²) in [6.07, 6.45) is -10.7. The highest BCUT2D eigenvalue weighted by molar-refractivity contribution is 4.93. The van der Waals surface area contributed by atoms with Gasteiger partial charge in [0.05, 0.1) is 6.42 Å². The predicted octanol–water partition coefficient (Wildman–Crippen LogP) is 4.25. The molecule has 0 aliphatic carbocycles. The van der Waals surface area contributed by atoms with Gasteiger partial charge in [-0.2, -0.15) is 30.7 Å². The Hall–Kier alpha value is -0.630. The Bertz CT molecular complexity index is 239. The predicted molar refractivity (Wildman–Crippen MR) is 35.8 cm³/mol. The maximum Gasteiger partial charge on any atom is 0.459 e. The molecule has 9 heteroatoms. The molecule has 0 amide bonds. The highest BCUT2D eigenvalue weighted by Gasteiger charge is 2.74. The lowest BCUT2D eigenvalue weighted by Crippen LogP contribution is -2.53. The van der Waals surface area contributed by atoms with E-state index in [4.69, 9.17) is 0 Å². The molecule has 0 spiro atoms. The Morgan fingerprint density at radius 1 is 0.750 bits per heavy atom. The van der Waals surface area contributed by atoms with E-state index in [0.717, 1.165) is 0 Å². The zero-order valence-corrected chi connectivity index (χ0v) is 7.82. The zero-order chi connectivity index (χ0) is 13.4. The molecule has 0 aliphatic rings. The molecule has 0 nitrogen and oxygen atoms in total. The number of rotatable bonds is 4. The first kappa shape index (κ1) is 15.4. The minimum Gasteiger partial charge on any atom is -0.207 e. The van der Waals surface area contributed by atoms with Crippen molar-refractivity contribution in [2.45, 2.75) is 43.7 Å². The summed E-state index contributed by atoms with van der Waals surface area (Å²) in [5.41, 5.74) is 0. The number of halogens is 9. The van der Waals surface area contributed by atoms with Gasteiger partial charge in [0.1, 0.15) is 0 Å². The summed E-state index contributed by atoms with van der Waals surface area (Å²) in [4.78, 5) is 0. The topological polar surface area (TPSA) is 0 Å². The molecule has 0 unspecified atom stereocenters. The van der Waals surface area contributed by atoms with E-state index in [1.54, 1.807) is 0 Å². The summed E-state index contributed by atoms with van der Waals surface area (Å²) >= 11 is 0. The second-order valence-electron chi connectivity index (χ2n) is 3.16. The van der Waals surface area contributed by atoms with E-state index in [1.165, 1.54) is 0 Å². The molecule has 0 atom stereocenters. The van der Waals surface area contributed by atoms with Crippen molar-refractivity contribution in [1.29, 1.82) is 0 Å². The fourth-order valence-corrected chi connectivity index (χ4v) is 0.768. The Balaban J connectivity index is 5.07. The molecule has 0 fully saturated rings. The molecule has 16 heavy (non-hydrogen) atoms. The Morgan fingerprint density at radius 2 is 1.12 bits per heavy atom. The second kappa shape index (κ2) is 3.99. The SMILES string of the molecule is CCC(F)(F)CC(F)(F)C(F)(F)C(F)(F)F. The van der Waals surface area contributed by atoms with Crippen LogP contribution >= 0.6 is 0 Å². The summed E-state index contributed by atoms with van der Waals surface area (Å²) < 4.78 is 109. The van der Waals surface area contributed by atoms with Gasteiger partial charge in [-0.05, 0) is 0 Å². The monoisotopic (exact) mass is 262 g/mol. The molecule has 98 valence electrons. The van der Waals surface area contributed by atoms with Gasteiger partial charge in [-0.25, -0.2) is 8.78 Å². The van der Waals surface area contributed by atoms with Crippen LogP contribution in [0.4, 0.5) is 39.5 Å². The number of hydrogen-bond donors (Lipinski definition) is 0. The van der Waals surface area contributed by atoms with Crippen molar-refractivity contribution in [2.24, 2.45) is 0 Å². The van der Waals surface area contributed by atoms with Gasteiger partial charge in [0.25, 0.3) is 5.92 Å². The van der Waals surface area contributed by atoms with Gasteiger partial charge in [-0.15, -0.1) is 0 Å². The molecular formula is C7H7F9. The first-order valence-corrected chi connectivity index (χ1v) is 3.97. The van der Waals surface area contributed by atoms with Crippen LogP contribution < -0.4 is 0 Å². The van der Waals surface area contributed by atoms with Gasteiger partial charge in [-0.3, -0.25) is 0 Å². The molecule has 0 heterocycles. The quantitative estimate of drug-likeness (QED) is 0.664. The lowest BCUT2D eigenvalue weighted by Gasteiger charge is -2.30. The largest absolute Gasteiger partial charge is 0.459 e. The van der Waals surface area contributed by atoms with Gasteiger partial charge in [-0.1, -0.05) is 6.92 Å². The van der Waals surface area contributed by atoms with Crippen molar-refractivity contribution in [3.05, 3.63) is 0 Å². The van der Waals surface area contributed by atoms with Crippen LogP contribution in [0.5, 0.6) is 0 Å². The van der Waals surface area contributed by atoms with Crippen LogP contribution in [0.2, 0.25) is 0 Å². The van der Waals surface area contributed by atoms with E-state index in [9.17, 15) is 39.5 Å². The molecule has 0 saturated heterocycles. The Kier molecular flexibility index (Phi) is 3.83. The summed E-state index contributed by atoms with van der Waals surface area (Å²) in [6, 6.07) is 0. The number of hydrogen-bond acceptors (Lipinski definition) is 0. The maximum absolute atomic E-state index is 12.4. The highest BCUT2D eigenvalue weighted by atomic mass is 19.4. The smallest absolute Gasteiger partial charge is 0.207 e. The first-order valence-electron chi connectivity index (χ1n) is 3.97. The van der Waals surface area contributed by atoms with Crippen LogP contribution in [0.15, 0.2) is 0 Å². The van der Waals surface area contributed by atoms with Gasteiger partial charge in [0.15, 0.2) is 0 Å². The van der Waals surface area contributed by atoms with Crippen molar-refractivity contribution in [3.8, 4) is 0 Å². The molecule has 0 aromatic rings. The van der Waals surface area contributed by atoms with Crippen molar-refractivity contribution >= 4 is 0 Å². The van der Waals surface area contributed by atoms with Crippen molar-refractivity contribution in [1.82, 2.24) is 0 Å². The summed E-state index contributed by atoms with van der Waals surface area (Å²) in [5.74, 6) is -16.6. The fraction of sp³-hybridized carbons (Fsp3) is 1.00. The molecule has 0 bridgehead atoms. The average molecular weight is 262 g/mol. The highest BCUT2D eigenvalue weighted by Crippen LogP contribution is 2.50. The molecule has 0 saturated carbocycles. The molecule has 0 N–H and O–H groups in total. The average Bonchev–Trinajstić information content (AvgIpc) is 2.00. The van der Waals surface area contributed by atoms with Gasteiger partial charge in [0, 0.05) is 6.42 Å². The summed E-state index contributed by atoms with van der Waals surface area (Å²) in [6.45, 7) is 0.696. The zero-order valence-electron chi connectivity index (χ0n) is 7.82. The van der Waals surface area contributed by atoms with Crippen LogP contribution in [0.3, 0.4) is 0 Å². The van der Waals surface area contributed by atoms with E-state index in [0.29, 0.717) is 6.92 Å². The molecule has 0 aromatic carbocycles. The summed E-state index contributed by atoms with van der Waals surface area (Å²) in [7, 11) is 0. The van der Waals surface area contributed by atoms with E-state index >= 15 is 0 Å². The third-order valence-corrected chi connectivity index (χ3v) is 1.81. The third-order valence-electron chi connectivity index (χ3n) is 1.81. The molecule has 0 rings (SSSR count). The van der Waals surface area contributed by atoms with Crippen LogP contribution in [0, 0.1) is 0 Å². The first-order chi connectivity index (χ1) is 6.77. The molecule has 0 aliphatic heterocycles. The molecule has 0 aromatic heterocycles. The van der Waals surface area contributed by atoms with E-state index in [-0.39, 0.29) is 0 Å². The lowest BCUT2D eigenvalue weighted by atomic mass is 10.0. The van der Waals surface area contributed by atoms with Gasteiger partial charge >= 0.3 is 18.0 Å². The van der Waals surface area contributed by atoms with E-state index in [2.05, 4.69) is 0 Å². The number of alkyl halides is 9. The fourth-order valence-electron chi connectivity index (χ4n) is 0.768. The second-order valence-corrected chi connectivity index (χ2v) is 3.16. The van der Waals surface area contributed by atoms with Crippen molar-refractivity contribution in [3.63, 3.8) is 0 Å². The van der Waals surface area contributed by atoms with Crippen LogP contribution in [-0.2, 0) is 0 Å². The standard InChI is InChI=1S/C7H7F9/c1-2-4(8,9)3-5(10,11)6(12,13)7(14,15)16/h2-3H2,1H3.